The molecule has 7 nitrogen and oxygen atoms in total. The third-order valence-corrected chi connectivity index (χ3v) is 5.81. The van der Waals surface area contributed by atoms with E-state index in [0.29, 0.717) is 39.2 Å². The summed E-state index contributed by atoms with van der Waals surface area (Å²) in [5, 5.41) is 9.91. The first kappa shape index (κ1) is 22.8. The number of hydrogen-bond donors (Lipinski definition) is 1. The number of para-hydroxylation sites is 1. The number of thioether (sulfide) groups is 1. The number of hydrogen-bond acceptors (Lipinski definition) is 7. The third kappa shape index (κ3) is 5.34. The predicted molar refractivity (Wildman–Crippen MR) is 129 cm³/mol. The van der Waals surface area contributed by atoms with Crippen LogP contribution in [-0.4, -0.2) is 23.0 Å². The van der Waals surface area contributed by atoms with Gasteiger partial charge in [0.1, 0.15) is 23.1 Å². The molecule has 0 unspecified atom stereocenters. The van der Waals surface area contributed by atoms with E-state index in [1.807, 2.05) is 48.5 Å². The number of carbonyl (C=O) groups excluding carboxylic acids is 1. The Morgan fingerprint density at radius 1 is 1.00 bits per heavy atom. The Balaban J connectivity index is 1.54. The maximum atomic E-state index is 12.5. The lowest BCUT2D eigenvalue weighted by Gasteiger charge is -2.09. The molecule has 4 aromatic rings. The number of benzene rings is 3. The third-order valence-electron chi connectivity index (χ3n) is 4.87. The Labute approximate surface area is 200 Å². The van der Waals surface area contributed by atoms with E-state index in [1.165, 1.54) is 18.9 Å². The molecule has 0 bridgehead atoms. The number of ether oxygens (including phenoxy) is 2. The summed E-state index contributed by atoms with van der Waals surface area (Å²) in [4.78, 5) is 31.3. The molecule has 0 fully saturated rings. The fraction of sp³-hybridized carbons (Fsp3) is 0.0769. The molecule has 0 spiro atoms. The van der Waals surface area contributed by atoms with Crippen molar-refractivity contribution in [2.45, 2.75) is 10.9 Å². The maximum absolute atomic E-state index is 12.5. The minimum absolute atomic E-state index is 0.0523. The number of aromatic nitrogens is 2. The van der Waals surface area contributed by atoms with Gasteiger partial charge in [-0.05, 0) is 54.1 Å². The Kier molecular flexibility index (Phi) is 7.06. The molecule has 0 aliphatic rings. The van der Waals surface area contributed by atoms with E-state index in [4.69, 9.17) is 9.47 Å². The summed E-state index contributed by atoms with van der Waals surface area (Å²) in [5.41, 5.74) is 1.79. The standard InChI is InChI=1S/C26H19N3O4S/c1-32-25(31)19-9-7-17(8-10-19)16-34-26-28-23(22(15-27)24(30)29-26)18-11-13-21(14-12-18)33-20-5-3-2-4-6-20/h2-14H,16H2,1H3,(H,28,29,30). The van der Waals surface area contributed by atoms with E-state index < -0.39 is 11.5 Å². The summed E-state index contributed by atoms with van der Waals surface area (Å²) in [6.07, 6.45) is 0. The second-order valence-corrected chi connectivity index (χ2v) is 8.09. The first-order valence-corrected chi connectivity index (χ1v) is 11.2. The highest BCUT2D eigenvalue weighted by atomic mass is 32.2. The van der Waals surface area contributed by atoms with Crippen molar-refractivity contribution in [3.8, 4) is 28.8 Å². The average Bonchev–Trinajstić information content (AvgIpc) is 2.88. The molecule has 0 radical (unpaired) electrons. The maximum Gasteiger partial charge on any atom is 0.337 e. The van der Waals surface area contributed by atoms with Gasteiger partial charge in [0.15, 0.2) is 5.16 Å². The van der Waals surface area contributed by atoms with Crippen LogP contribution in [0, 0.1) is 11.3 Å². The van der Waals surface area contributed by atoms with Crippen molar-refractivity contribution in [1.29, 1.82) is 5.26 Å². The SMILES string of the molecule is COC(=O)c1ccc(CSc2nc(-c3ccc(Oc4ccccc4)cc3)c(C#N)c(=O)[nH]2)cc1. The van der Waals surface area contributed by atoms with E-state index in [2.05, 4.69) is 9.97 Å². The number of rotatable bonds is 7. The largest absolute Gasteiger partial charge is 0.465 e. The number of carbonyl (C=O) groups is 1. The fourth-order valence-corrected chi connectivity index (χ4v) is 3.96. The summed E-state index contributed by atoms with van der Waals surface area (Å²) in [6.45, 7) is 0. The second-order valence-electron chi connectivity index (χ2n) is 7.12. The van der Waals surface area contributed by atoms with Gasteiger partial charge in [-0.3, -0.25) is 4.79 Å². The summed E-state index contributed by atoms with van der Waals surface area (Å²) >= 11 is 1.32. The van der Waals surface area contributed by atoms with E-state index in [1.54, 1.807) is 36.4 Å². The lowest BCUT2D eigenvalue weighted by Crippen LogP contribution is -2.14. The van der Waals surface area contributed by atoms with Gasteiger partial charge in [-0.2, -0.15) is 5.26 Å². The van der Waals surface area contributed by atoms with Gasteiger partial charge in [0, 0.05) is 11.3 Å². The highest BCUT2D eigenvalue weighted by Gasteiger charge is 2.14. The average molecular weight is 470 g/mol. The molecule has 0 saturated heterocycles. The Bertz CT molecular complexity index is 1390. The molecule has 168 valence electrons. The molecule has 0 saturated carbocycles. The predicted octanol–water partition coefficient (Wildman–Crippen LogP) is 5.18. The van der Waals surface area contributed by atoms with Gasteiger partial charge in [0.2, 0.25) is 0 Å². The Morgan fingerprint density at radius 3 is 2.32 bits per heavy atom. The normalized spacial score (nSPS) is 10.4. The fourth-order valence-electron chi connectivity index (χ4n) is 3.15. The number of nitrogens with one attached hydrogen (secondary N) is 1. The van der Waals surface area contributed by atoms with Crippen LogP contribution in [-0.2, 0) is 10.5 Å². The van der Waals surface area contributed by atoms with Crippen LogP contribution in [0.15, 0.2) is 88.8 Å². The molecule has 0 aliphatic carbocycles. The smallest absolute Gasteiger partial charge is 0.337 e. The molecule has 4 rings (SSSR count). The molecule has 1 aromatic heterocycles. The van der Waals surface area contributed by atoms with Gasteiger partial charge in [0.25, 0.3) is 5.56 Å². The van der Waals surface area contributed by atoms with Crippen molar-refractivity contribution in [1.82, 2.24) is 9.97 Å². The van der Waals surface area contributed by atoms with Crippen LogP contribution in [0.4, 0.5) is 0 Å². The minimum atomic E-state index is -0.499. The van der Waals surface area contributed by atoms with Gasteiger partial charge in [-0.15, -0.1) is 0 Å². The number of H-pyrrole nitrogens is 1. The molecule has 8 heteroatoms. The van der Waals surface area contributed by atoms with E-state index in [0.717, 1.165) is 5.56 Å². The molecule has 3 aromatic carbocycles. The van der Waals surface area contributed by atoms with Gasteiger partial charge >= 0.3 is 5.97 Å². The monoisotopic (exact) mass is 469 g/mol. The topological polar surface area (TPSA) is 105 Å². The zero-order valence-corrected chi connectivity index (χ0v) is 19.0. The molecule has 0 aliphatic heterocycles. The zero-order valence-electron chi connectivity index (χ0n) is 18.1. The number of nitrogens with zero attached hydrogens (tertiary/aromatic N) is 2. The van der Waals surface area contributed by atoms with Crippen LogP contribution in [0.3, 0.4) is 0 Å². The van der Waals surface area contributed by atoms with Crippen molar-refractivity contribution in [3.05, 3.63) is 106 Å². The Morgan fingerprint density at radius 2 is 1.68 bits per heavy atom. The first-order valence-electron chi connectivity index (χ1n) is 10.2. The Hall–Kier alpha value is -4.35. The summed E-state index contributed by atoms with van der Waals surface area (Å²) in [7, 11) is 1.33. The molecular weight excluding hydrogens is 450 g/mol. The lowest BCUT2D eigenvalue weighted by molar-refractivity contribution is 0.0600. The van der Waals surface area contributed by atoms with Gasteiger partial charge in [0.05, 0.1) is 18.4 Å². The molecule has 1 N–H and O–H groups in total. The van der Waals surface area contributed by atoms with Crippen molar-refractivity contribution < 1.29 is 14.3 Å². The van der Waals surface area contributed by atoms with Crippen molar-refractivity contribution in [2.24, 2.45) is 0 Å². The van der Waals surface area contributed by atoms with Gasteiger partial charge in [-0.25, -0.2) is 9.78 Å². The van der Waals surface area contributed by atoms with Crippen LogP contribution >= 0.6 is 11.8 Å². The quantitative estimate of drug-likeness (QED) is 0.226. The van der Waals surface area contributed by atoms with E-state index >= 15 is 0 Å². The zero-order chi connectivity index (χ0) is 23.9. The highest BCUT2D eigenvalue weighted by molar-refractivity contribution is 7.98. The number of nitriles is 1. The van der Waals surface area contributed by atoms with Crippen LogP contribution in [0.2, 0.25) is 0 Å². The molecule has 1 heterocycles. The first-order chi connectivity index (χ1) is 16.6. The van der Waals surface area contributed by atoms with Crippen LogP contribution in [0.25, 0.3) is 11.3 Å². The van der Waals surface area contributed by atoms with Crippen molar-refractivity contribution in [3.63, 3.8) is 0 Å². The molecular formula is C26H19N3O4S. The molecule has 34 heavy (non-hydrogen) atoms. The number of aromatic amines is 1. The van der Waals surface area contributed by atoms with Crippen LogP contribution < -0.4 is 10.3 Å². The molecule has 0 atom stereocenters. The lowest BCUT2D eigenvalue weighted by atomic mass is 10.1. The van der Waals surface area contributed by atoms with Crippen LogP contribution in [0.1, 0.15) is 21.5 Å². The van der Waals surface area contributed by atoms with Gasteiger partial charge < -0.3 is 14.5 Å². The number of methoxy groups -OCH3 is 1. The summed E-state index contributed by atoms with van der Waals surface area (Å²) in [6, 6.07) is 25.4. The van der Waals surface area contributed by atoms with E-state index in [-0.39, 0.29) is 5.56 Å². The van der Waals surface area contributed by atoms with Crippen LogP contribution in [0.5, 0.6) is 11.5 Å². The number of esters is 1. The second kappa shape index (κ2) is 10.5. The summed E-state index contributed by atoms with van der Waals surface area (Å²) < 4.78 is 10.5. The highest BCUT2D eigenvalue weighted by Crippen LogP contribution is 2.27. The summed E-state index contributed by atoms with van der Waals surface area (Å²) in [5.74, 6) is 1.45. The van der Waals surface area contributed by atoms with Gasteiger partial charge in [-0.1, -0.05) is 42.1 Å². The molecule has 0 amide bonds. The van der Waals surface area contributed by atoms with E-state index in [9.17, 15) is 14.9 Å². The van der Waals surface area contributed by atoms with Crippen molar-refractivity contribution >= 4 is 17.7 Å². The van der Waals surface area contributed by atoms with Crippen molar-refractivity contribution in [2.75, 3.05) is 7.11 Å². The minimum Gasteiger partial charge on any atom is -0.465 e.